The summed E-state index contributed by atoms with van der Waals surface area (Å²) in [5.41, 5.74) is 27.9. The van der Waals surface area contributed by atoms with Crippen molar-refractivity contribution in [3.8, 4) is 22.3 Å². The van der Waals surface area contributed by atoms with Gasteiger partial charge in [0.05, 0.1) is 17.1 Å². The molecule has 1 aromatic heterocycles. The maximum Gasteiger partial charge on any atom is 0.264 e. The maximum atomic E-state index is 2.87. The Morgan fingerprint density at radius 1 is 0.494 bits per heavy atom. The Morgan fingerprint density at radius 2 is 0.988 bits per heavy atom. The second-order valence-electron chi connectivity index (χ2n) is 31.4. The number of hydrogen-bond acceptors (Lipinski definition) is 3. The minimum Gasteiger partial charge on any atom is -0.311 e. The molecule has 14 rings (SSSR count). The molecule has 3 unspecified atom stereocenters. The lowest BCUT2D eigenvalue weighted by Crippen LogP contribution is -2.60. The van der Waals surface area contributed by atoms with Gasteiger partial charge in [0.15, 0.2) is 0 Å². The lowest BCUT2D eigenvalue weighted by Gasteiger charge is -2.48. The van der Waals surface area contributed by atoms with E-state index in [4.69, 9.17) is 0 Å². The van der Waals surface area contributed by atoms with Gasteiger partial charge in [-0.15, -0.1) is 11.3 Å². The molecule has 3 heterocycles. The van der Waals surface area contributed by atoms with Gasteiger partial charge in [-0.05, 0) is 216 Å². The fourth-order valence-corrected chi connectivity index (χ4v) is 17.9. The lowest BCUT2D eigenvalue weighted by atomic mass is 9.36. The first-order chi connectivity index (χ1) is 38.2. The van der Waals surface area contributed by atoms with Gasteiger partial charge in [-0.25, -0.2) is 0 Å². The number of thiophene rings is 1. The van der Waals surface area contributed by atoms with Gasteiger partial charge in [0.1, 0.15) is 0 Å². The number of anilines is 6. The summed E-state index contributed by atoms with van der Waals surface area (Å²) < 4.78 is 2.91. The highest BCUT2D eigenvalue weighted by Crippen LogP contribution is 2.60. The summed E-state index contributed by atoms with van der Waals surface area (Å²) in [6.45, 7) is 39.7. The topological polar surface area (TPSA) is 6.48 Å². The molecule has 0 saturated heterocycles. The van der Waals surface area contributed by atoms with Crippen LogP contribution in [0.4, 0.5) is 34.1 Å². The van der Waals surface area contributed by atoms with Crippen molar-refractivity contribution in [2.75, 3.05) is 9.80 Å². The maximum absolute atomic E-state index is 2.87. The SMILES string of the molecule is CC1c2cc3sc4c(c3cc2C2(C)CCCC1C2)N(c1cc2c(cc1-c1ccccc1)C(C)(C)CCC2(C)C)c1cc(C(C)(C)C)cc2c1B4c1ccc(C(C)(C)C)cc1N2c1cc2c(cc1-c1ccccc1)C(C)(C)CCC2(C)C. The van der Waals surface area contributed by atoms with E-state index in [1.807, 2.05) is 0 Å². The fourth-order valence-electron chi connectivity index (χ4n) is 16.6. The molecule has 0 radical (unpaired) electrons. The highest BCUT2D eigenvalue weighted by Gasteiger charge is 2.50. The van der Waals surface area contributed by atoms with Crippen LogP contribution in [0.2, 0.25) is 0 Å². The molecule has 2 aliphatic heterocycles. The number of nitrogens with zero attached hydrogens (tertiary/aromatic N) is 2. The van der Waals surface area contributed by atoms with Crippen LogP contribution in [0.5, 0.6) is 0 Å². The van der Waals surface area contributed by atoms with Crippen molar-refractivity contribution in [3.05, 3.63) is 172 Å². The molecule has 0 spiro atoms. The van der Waals surface area contributed by atoms with E-state index < -0.39 is 0 Å². The third-order valence-electron chi connectivity index (χ3n) is 22.0. The molecule has 3 atom stereocenters. The van der Waals surface area contributed by atoms with Crippen LogP contribution in [0, 0.1) is 5.92 Å². The van der Waals surface area contributed by atoms with Crippen molar-refractivity contribution >= 4 is 78.0 Å². The van der Waals surface area contributed by atoms with Gasteiger partial charge in [-0.1, -0.05) is 190 Å². The van der Waals surface area contributed by atoms with Crippen LogP contribution in [0.25, 0.3) is 32.3 Å². The molecule has 1 fully saturated rings. The third kappa shape index (κ3) is 8.04. The monoisotopic (exact) mass is 1080 g/mol. The van der Waals surface area contributed by atoms with Crippen LogP contribution in [0.1, 0.15) is 213 Å². The Balaban J connectivity index is 1.17. The Morgan fingerprint density at radius 3 is 1.52 bits per heavy atom. The first-order valence-electron chi connectivity index (χ1n) is 31.2. The largest absolute Gasteiger partial charge is 0.311 e. The van der Waals surface area contributed by atoms with E-state index in [0.717, 1.165) is 18.8 Å². The number of fused-ring (bicyclic) bond motifs is 12. The summed E-state index contributed by atoms with van der Waals surface area (Å²) in [5.74, 6) is 1.29. The quantitative estimate of drug-likeness (QED) is 0.162. The average Bonchev–Trinajstić information content (AvgIpc) is 2.44. The first kappa shape index (κ1) is 53.2. The number of rotatable bonds is 4. The molecule has 8 aromatic rings. The van der Waals surface area contributed by atoms with Crippen LogP contribution >= 0.6 is 11.3 Å². The van der Waals surface area contributed by atoms with Crippen molar-refractivity contribution in [2.45, 2.75) is 206 Å². The molecular weight excluding hydrogens is 996 g/mol. The van der Waals surface area contributed by atoms with Crippen LogP contribution in [0.15, 0.2) is 127 Å². The summed E-state index contributed by atoms with van der Waals surface area (Å²) >= 11 is 2.11. The molecule has 0 amide bonds. The summed E-state index contributed by atoms with van der Waals surface area (Å²) in [6, 6.07) is 52.0. The van der Waals surface area contributed by atoms with Gasteiger partial charge in [0, 0.05) is 43.1 Å². The molecule has 81 heavy (non-hydrogen) atoms. The second kappa shape index (κ2) is 17.6. The van der Waals surface area contributed by atoms with Gasteiger partial charge in [0.2, 0.25) is 0 Å². The van der Waals surface area contributed by atoms with Crippen LogP contribution in [-0.2, 0) is 37.9 Å². The summed E-state index contributed by atoms with van der Waals surface area (Å²) in [5, 5.41) is 1.43. The number of hydrogen-bond donors (Lipinski definition) is 0. The van der Waals surface area contributed by atoms with Crippen molar-refractivity contribution in [2.24, 2.45) is 5.92 Å². The zero-order valence-corrected chi connectivity index (χ0v) is 52.6. The highest BCUT2D eigenvalue weighted by molar-refractivity contribution is 7.33. The Kier molecular flexibility index (Phi) is 11.6. The summed E-state index contributed by atoms with van der Waals surface area (Å²) in [6.07, 6.45) is 9.89. The standard InChI is InChI=1S/C77H87BN2S/c1-46-49-28-23-31-77(16,45-49)56-41-55-67(42-52(46)56)81-70-69(55)80(63-44-60-58(74(10,11)33-35-76(60,14)15)40-54(63)48-26-21-18-22-27-48)66-38-51(72(5,6)7)37-65-68(66)78(70)61-30-29-50(71(2,3)4)36-64(61)79(65)62-43-59-57(73(8,9)32-34-75(59,12)13)39-53(62)47-24-19-17-20-25-47/h17-22,24-27,29-30,36-44,46,49H,23,28,31-35,45H2,1-16H3. The Hall–Kier alpha value is -5.84. The van der Waals surface area contributed by atoms with Gasteiger partial charge in [0.25, 0.3) is 6.71 Å². The van der Waals surface area contributed by atoms with Crippen molar-refractivity contribution in [1.29, 1.82) is 0 Å². The molecule has 1 saturated carbocycles. The zero-order chi connectivity index (χ0) is 56.9. The van der Waals surface area contributed by atoms with E-state index in [9.17, 15) is 0 Å². The van der Waals surface area contributed by atoms with E-state index in [1.54, 1.807) is 11.1 Å². The van der Waals surface area contributed by atoms with Crippen molar-refractivity contribution in [1.82, 2.24) is 0 Å². The summed E-state index contributed by atoms with van der Waals surface area (Å²) in [7, 11) is 0. The number of benzene rings is 7. The van der Waals surface area contributed by atoms with E-state index in [1.165, 1.54) is 154 Å². The molecule has 7 aromatic carbocycles. The first-order valence-corrected chi connectivity index (χ1v) is 32.0. The predicted molar refractivity (Wildman–Crippen MR) is 352 cm³/mol. The predicted octanol–water partition coefficient (Wildman–Crippen LogP) is 20.2. The van der Waals surface area contributed by atoms with Gasteiger partial charge in [-0.2, -0.15) is 0 Å². The Bertz CT molecular complexity index is 3910. The normalized spacial score (nSPS) is 22.5. The second-order valence-corrected chi connectivity index (χ2v) is 32.4. The highest BCUT2D eigenvalue weighted by atomic mass is 32.1. The third-order valence-corrected chi connectivity index (χ3v) is 23.2. The van der Waals surface area contributed by atoms with Crippen molar-refractivity contribution < 1.29 is 0 Å². The smallest absolute Gasteiger partial charge is 0.264 e. The van der Waals surface area contributed by atoms with Gasteiger partial charge >= 0.3 is 0 Å². The van der Waals surface area contributed by atoms with E-state index in [2.05, 4.69) is 259 Å². The molecule has 0 N–H and O–H groups in total. The molecular formula is C77H87BN2S. The zero-order valence-electron chi connectivity index (χ0n) is 51.8. The van der Waals surface area contributed by atoms with E-state index in [0.29, 0.717) is 5.92 Å². The van der Waals surface area contributed by atoms with Crippen molar-refractivity contribution in [3.63, 3.8) is 0 Å². The molecule has 2 bridgehead atoms. The van der Waals surface area contributed by atoms with Crippen LogP contribution < -0.4 is 25.5 Å². The Labute approximate surface area is 490 Å². The molecule has 6 aliphatic rings. The van der Waals surface area contributed by atoms with E-state index in [-0.39, 0.29) is 44.6 Å². The molecule has 4 heteroatoms. The molecule has 2 nitrogen and oxygen atoms in total. The lowest BCUT2D eigenvalue weighted by molar-refractivity contribution is 0.191. The molecule has 414 valence electrons. The van der Waals surface area contributed by atoms with Gasteiger partial charge in [-0.3, -0.25) is 0 Å². The minimum atomic E-state index is -0.168. The minimum absolute atomic E-state index is 0.00380. The van der Waals surface area contributed by atoms with Crippen LogP contribution in [-0.4, -0.2) is 6.71 Å². The van der Waals surface area contributed by atoms with Crippen LogP contribution in [0.3, 0.4) is 0 Å². The molecule has 4 aliphatic carbocycles. The average molecular weight is 1080 g/mol. The summed E-state index contributed by atoms with van der Waals surface area (Å²) in [4.78, 5) is 5.66. The van der Waals surface area contributed by atoms with E-state index >= 15 is 0 Å². The van der Waals surface area contributed by atoms with Gasteiger partial charge < -0.3 is 9.80 Å². The fraction of sp³-hybridized carbons (Fsp3) is 0.429.